The van der Waals surface area contributed by atoms with E-state index in [1.807, 2.05) is 0 Å². The van der Waals surface area contributed by atoms with E-state index in [2.05, 4.69) is 49.1 Å². The van der Waals surface area contributed by atoms with Crippen molar-refractivity contribution in [3.8, 4) is 0 Å². The average molecular weight is 217 g/mol. The van der Waals surface area contributed by atoms with E-state index in [0.29, 0.717) is 5.41 Å². The van der Waals surface area contributed by atoms with E-state index in [0.717, 1.165) is 0 Å². The molecule has 0 unspecified atom stereocenters. The number of hydrogen-bond acceptors (Lipinski definition) is 1. The molecular formula is C15H23N. The maximum Gasteiger partial charge on any atom is -0.00103 e. The van der Waals surface area contributed by atoms with Crippen LogP contribution in [0, 0.1) is 0 Å². The third-order valence-corrected chi connectivity index (χ3v) is 3.97. The summed E-state index contributed by atoms with van der Waals surface area (Å²) in [5.41, 5.74) is 1.93. The van der Waals surface area contributed by atoms with Crippen molar-refractivity contribution in [2.45, 2.75) is 38.5 Å². The van der Waals surface area contributed by atoms with Gasteiger partial charge in [0.2, 0.25) is 0 Å². The Kier molecular flexibility index (Phi) is 3.65. The Morgan fingerprint density at radius 3 is 2.31 bits per heavy atom. The standard InChI is InChI=1S/C15H23N/c1-3-11-16-12-9-15(2,10-13-16)14-7-5-4-6-8-14/h4-8H,3,9-13H2,1-2H3. The van der Waals surface area contributed by atoms with Crippen LogP contribution in [0.1, 0.15) is 38.7 Å². The molecule has 1 aromatic carbocycles. The Bertz CT molecular complexity index is 309. The van der Waals surface area contributed by atoms with Crippen LogP contribution in [0.5, 0.6) is 0 Å². The van der Waals surface area contributed by atoms with Crippen LogP contribution in [-0.4, -0.2) is 24.5 Å². The lowest BCUT2D eigenvalue weighted by atomic mass is 9.74. The fourth-order valence-electron chi connectivity index (χ4n) is 2.72. The summed E-state index contributed by atoms with van der Waals surface area (Å²) in [6.07, 6.45) is 3.88. The second-order valence-corrected chi connectivity index (χ2v) is 5.27. The molecular weight excluding hydrogens is 194 g/mol. The van der Waals surface area contributed by atoms with Gasteiger partial charge >= 0.3 is 0 Å². The molecule has 0 atom stereocenters. The van der Waals surface area contributed by atoms with E-state index in [1.165, 1.54) is 44.5 Å². The number of hydrogen-bond donors (Lipinski definition) is 0. The maximum atomic E-state index is 2.60. The maximum absolute atomic E-state index is 2.60. The van der Waals surface area contributed by atoms with Gasteiger partial charge in [-0.2, -0.15) is 0 Å². The SMILES string of the molecule is CCCN1CCC(C)(c2ccccc2)CC1. The molecule has 1 aliphatic heterocycles. The fourth-order valence-corrected chi connectivity index (χ4v) is 2.72. The minimum atomic E-state index is 0.408. The minimum Gasteiger partial charge on any atom is -0.303 e. The molecule has 0 spiro atoms. The molecule has 1 saturated heterocycles. The van der Waals surface area contributed by atoms with E-state index in [-0.39, 0.29) is 0 Å². The van der Waals surface area contributed by atoms with Gasteiger partial charge in [0.1, 0.15) is 0 Å². The molecule has 1 heteroatoms. The fraction of sp³-hybridized carbons (Fsp3) is 0.600. The average Bonchev–Trinajstić information content (AvgIpc) is 2.34. The molecule has 16 heavy (non-hydrogen) atoms. The predicted octanol–water partition coefficient (Wildman–Crippen LogP) is 3.45. The van der Waals surface area contributed by atoms with Gasteiger partial charge in [-0.3, -0.25) is 0 Å². The van der Waals surface area contributed by atoms with Crippen LogP contribution >= 0.6 is 0 Å². The summed E-state index contributed by atoms with van der Waals surface area (Å²) in [5.74, 6) is 0. The monoisotopic (exact) mass is 217 g/mol. The van der Waals surface area contributed by atoms with Crippen molar-refractivity contribution in [2.24, 2.45) is 0 Å². The molecule has 0 N–H and O–H groups in total. The first kappa shape index (κ1) is 11.7. The zero-order valence-electron chi connectivity index (χ0n) is 10.6. The number of likely N-dealkylation sites (tertiary alicyclic amines) is 1. The van der Waals surface area contributed by atoms with Gasteiger partial charge in [-0.15, -0.1) is 0 Å². The van der Waals surface area contributed by atoms with Gasteiger partial charge in [0, 0.05) is 0 Å². The predicted molar refractivity (Wildman–Crippen MR) is 69.8 cm³/mol. The number of nitrogens with zero attached hydrogens (tertiary/aromatic N) is 1. The Morgan fingerprint density at radius 1 is 1.12 bits per heavy atom. The summed E-state index contributed by atoms with van der Waals surface area (Å²) in [7, 11) is 0. The molecule has 1 nitrogen and oxygen atoms in total. The van der Waals surface area contributed by atoms with Crippen molar-refractivity contribution in [2.75, 3.05) is 19.6 Å². The van der Waals surface area contributed by atoms with Crippen molar-refractivity contribution in [1.82, 2.24) is 4.90 Å². The van der Waals surface area contributed by atoms with Crippen LogP contribution in [0.25, 0.3) is 0 Å². The first-order valence-corrected chi connectivity index (χ1v) is 6.52. The van der Waals surface area contributed by atoms with Crippen LogP contribution in [0.2, 0.25) is 0 Å². The van der Waals surface area contributed by atoms with E-state index in [4.69, 9.17) is 0 Å². The van der Waals surface area contributed by atoms with E-state index < -0.39 is 0 Å². The highest BCUT2D eigenvalue weighted by Gasteiger charge is 2.30. The topological polar surface area (TPSA) is 3.24 Å². The van der Waals surface area contributed by atoms with Gasteiger partial charge in [-0.25, -0.2) is 0 Å². The molecule has 1 aromatic rings. The lowest BCUT2D eigenvalue weighted by molar-refractivity contribution is 0.169. The largest absolute Gasteiger partial charge is 0.303 e. The summed E-state index contributed by atoms with van der Waals surface area (Å²) in [6.45, 7) is 8.49. The van der Waals surface area contributed by atoms with Gasteiger partial charge in [0.05, 0.1) is 0 Å². The molecule has 2 rings (SSSR count). The van der Waals surface area contributed by atoms with E-state index >= 15 is 0 Å². The summed E-state index contributed by atoms with van der Waals surface area (Å²) in [6, 6.07) is 11.0. The summed E-state index contributed by atoms with van der Waals surface area (Å²) in [4.78, 5) is 2.60. The lowest BCUT2D eigenvalue weighted by Gasteiger charge is -2.39. The molecule has 0 bridgehead atoms. The Labute approximate surface area is 99.5 Å². The van der Waals surface area contributed by atoms with Crippen LogP contribution in [0.15, 0.2) is 30.3 Å². The minimum absolute atomic E-state index is 0.408. The molecule has 0 aliphatic carbocycles. The molecule has 0 amide bonds. The first-order chi connectivity index (χ1) is 7.74. The molecule has 1 aliphatic rings. The second kappa shape index (κ2) is 5.01. The van der Waals surface area contributed by atoms with Crippen molar-refractivity contribution in [3.05, 3.63) is 35.9 Å². The van der Waals surface area contributed by atoms with Crippen LogP contribution in [-0.2, 0) is 5.41 Å². The van der Waals surface area contributed by atoms with Gasteiger partial charge in [-0.1, -0.05) is 44.2 Å². The van der Waals surface area contributed by atoms with Gasteiger partial charge in [0.25, 0.3) is 0 Å². The molecule has 88 valence electrons. The molecule has 1 heterocycles. The van der Waals surface area contributed by atoms with E-state index in [9.17, 15) is 0 Å². The van der Waals surface area contributed by atoms with Crippen LogP contribution in [0.3, 0.4) is 0 Å². The number of rotatable bonds is 3. The highest BCUT2D eigenvalue weighted by molar-refractivity contribution is 5.25. The molecule has 1 fully saturated rings. The van der Waals surface area contributed by atoms with Crippen LogP contribution < -0.4 is 0 Å². The zero-order chi connectivity index (χ0) is 11.4. The third kappa shape index (κ3) is 2.46. The number of benzene rings is 1. The Morgan fingerprint density at radius 2 is 1.75 bits per heavy atom. The Balaban J connectivity index is 2.01. The number of piperidine rings is 1. The van der Waals surface area contributed by atoms with Crippen molar-refractivity contribution < 1.29 is 0 Å². The summed E-state index contributed by atoms with van der Waals surface area (Å²) >= 11 is 0. The molecule has 0 saturated carbocycles. The third-order valence-electron chi connectivity index (χ3n) is 3.97. The van der Waals surface area contributed by atoms with Crippen LogP contribution in [0.4, 0.5) is 0 Å². The van der Waals surface area contributed by atoms with Gasteiger partial charge < -0.3 is 4.90 Å². The Hall–Kier alpha value is -0.820. The van der Waals surface area contributed by atoms with E-state index in [1.54, 1.807) is 0 Å². The highest BCUT2D eigenvalue weighted by atomic mass is 15.1. The summed E-state index contributed by atoms with van der Waals surface area (Å²) < 4.78 is 0. The second-order valence-electron chi connectivity index (χ2n) is 5.27. The highest BCUT2D eigenvalue weighted by Crippen LogP contribution is 2.34. The van der Waals surface area contributed by atoms with Gasteiger partial charge in [-0.05, 0) is 49.9 Å². The first-order valence-electron chi connectivity index (χ1n) is 6.52. The molecule has 0 aromatic heterocycles. The van der Waals surface area contributed by atoms with Crippen molar-refractivity contribution in [3.63, 3.8) is 0 Å². The van der Waals surface area contributed by atoms with Gasteiger partial charge in [0.15, 0.2) is 0 Å². The normalized spacial score (nSPS) is 20.9. The zero-order valence-corrected chi connectivity index (χ0v) is 10.6. The van der Waals surface area contributed by atoms with Crippen molar-refractivity contribution >= 4 is 0 Å². The lowest BCUT2D eigenvalue weighted by Crippen LogP contribution is -2.41. The smallest absolute Gasteiger partial charge is 0.00103 e. The molecule has 0 radical (unpaired) electrons. The quantitative estimate of drug-likeness (QED) is 0.749. The van der Waals surface area contributed by atoms with Crippen molar-refractivity contribution in [1.29, 1.82) is 0 Å². The summed E-state index contributed by atoms with van der Waals surface area (Å²) in [5, 5.41) is 0.